The van der Waals surface area contributed by atoms with Crippen LogP contribution in [0.4, 0.5) is 5.69 Å². The van der Waals surface area contributed by atoms with E-state index in [1.54, 1.807) is 11.3 Å². The number of hydrogen-bond donors (Lipinski definition) is 1. The molecule has 0 saturated carbocycles. The zero-order chi connectivity index (χ0) is 20.2. The van der Waals surface area contributed by atoms with Crippen molar-refractivity contribution in [3.8, 4) is 11.5 Å². The number of carbonyl (C=O) groups excluding carboxylic acids is 1. The molecule has 1 atom stereocenters. The fourth-order valence-corrected chi connectivity index (χ4v) is 3.82. The number of hydrogen-bond acceptors (Lipinski definition) is 6. The van der Waals surface area contributed by atoms with Crippen LogP contribution in [-0.2, 0) is 4.79 Å². The molecule has 1 amide bonds. The van der Waals surface area contributed by atoms with Crippen LogP contribution in [0.3, 0.4) is 0 Å². The first-order valence-electron chi connectivity index (χ1n) is 8.77. The van der Waals surface area contributed by atoms with E-state index < -0.39 is 4.92 Å². The molecule has 1 aliphatic heterocycles. The van der Waals surface area contributed by atoms with Crippen LogP contribution >= 0.6 is 11.3 Å². The topological polar surface area (TPSA) is 90.7 Å². The standard InChI is InChI=1S/C21H16N2O5S/c24-20(22-21(19-7-4-10-29-19)14-5-2-1-3-6-14)9-8-15-11-17-18(28-13-27-17)12-16(15)23(25)26/h1-12,21H,13H2,(H,22,24)/b9-8+. The number of benzene rings is 2. The van der Waals surface area contributed by atoms with Gasteiger partial charge in [-0.15, -0.1) is 11.3 Å². The fourth-order valence-electron chi connectivity index (χ4n) is 3.01. The van der Waals surface area contributed by atoms with Gasteiger partial charge in [0, 0.05) is 11.0 Å². The summed E-state index contributed by atoms with van der Waals surface area (Å²) in [5.74, 6) is 0.371. The van der Waals surface area contributed by atoms with Crippen LogP contribution in [0.25, 0.3) is 6.08 Å². The van der Waals surface area contributed by atoms with Crippen molar-refractivity contribution in [1.82, 2.24) is 5.32 Å². The first-order valence-corrected chi connectivity index (χ1v) is 9.65. The minimum atomic E-state index is -0.516. The number of ether oxygens (including phenoxy) is 2. The maximum Gasteiger partial charge on any atom is 0.280 e. The summed E-state index contributed by atoms with van der Waals surface area (Å²) in [7, 11) is 0. The van der Waals surface area contributed by atoms with Crippen LogP contribution in [0.1, 0.15) is 22.0 Å². The van der Waals surface area contributed by atoms with Gasteiger partial charge in [-0.25, -0.2) is 0 Å². The van der Waals surface area contributed by atoms with Crippen molar-refractivity contribution in [2.45, 2.75) is 6.04 Å². The van der Waals surface area contributed by atoms with E-state index in [-0.39, 0.29) is 30.0 Å². The molecule has 0 bridgehead atoms. The molecule has 146 valence electrons. The minimum absolute atomic E-state index is 0.0136. The number of carbonyl (C=O) groups is 1. The summed E-state index contributed by atoms with van der Waals surface area (Å²) in [6.45, 7) is 0.0136. The lowest BCUT2D eigenvalue weighted by molar-refractivity contribution is -0.385. The van der Waals surface area contributed by atoms with E-state index >= 15 is 0 Å². The number of nitrogens with zero attached hydrogens (tertiary/aromatic N) is 1. The van der Waals surface area contributed by atoms with E-state index in [9.17, 15) is 14.9 Å². The maximum absolute atomic E-state index is 12.6. The second-order valence-corrected chi connectivity index (χ2v) is 7.20. The number of nitro groups is 1. The number of amides is 1. The van der Waals surface area contributed by atoms with Gasteiger partial charge in [-0.05, 0) is 29.2 Å². The lowest BCUT2D eigenvalue weighted by Crippen LogP contribution is -2.27. The van der Waals surface area contributed by atoms with Crippen molar-refractivity contribution in [1.29, 1.82) is 0 Å². The smallest absolute Gasteiger partial charge is 0.280 e. The summed E-state index contributed by atoms with van der Waals surface area (Å²) in [5, 5.41) is 16.3. The van der Waals surface area contributed by atoms with E-state index in [4.69, 9.17) is 9.47 Å². The Hall–Kier alpha value is -3.65. The molecule has 1 N–H and O–H groups in total. The summed E-state index contributed by atoms with van der Waals surface area (Å²) < 4.78 is 10.5. The van der Waals surface area contributed by atoms with Gasteiger partial charge in [0.2, 0.25) is 12.7 Å². The molecule has 2 aromatic carbocycles. The third-order valence-corrected chi connectivity index (χ3v) is 5.32. The van der Waals surface area contributed by atoms with E-state index in [0.29, 0.717) is 11.5 Å². The summed E-state index contributed by atoms with van der Waals surface area (Å²) in [6, 6.07) is 16.0. The highest BCUT2D eigenvalue weighted by molar-refractivity contribution is 7.10. The highest BCUT2D eigenvalue weighted by Crippen LogP contribution is 2.38. The molecular weight excluding hydrogens is 392 g/mol. The van der Waals surface area contributed by atoms with Gasteiger partial charge in [-0.2, -0.15) is 0 Å². The normalized spacial score (nSPS) is 13.4. The third-order valence-electron chi connectivity index (χ3n) is 4.38. The van der Waals surface area contributed by atoms with Crippen LogP contribution < -0.4 is 14.8 Å². The highest BCUT2D eigenvalue weighted by atomic mass is 32.1. The molecule has 0 aliphatic carbocycles. The van der Waals surface area contributed by atoms with E-state index in [1.165, 1.54) is 24.3 Å². The Morgan fingerprint density at radius 2 is 1.90 bits per heavy atom. The van der Waals surface area contributed by atoms with Gasteiger partial charge in [-0.1, -0.05) is 36.4 Å². The van der Waals surface area contributed by atoms with Gasteiger partial charge >= 0.3 is 0 Å². The lowest BCUT2D eigenvalue weighted by Gasteiger charge is -2.17. The first kappa shape index (κ1) is 18.7. The van der Waals surface area contributed by atoms with E-state index in [1.807, 2.05) is 47.8 Å². The Morgan fingerprint density at radius 1 is 1.14 bits per heavy atom. The summed E-state index contributed by atoms with van der Waals surface area (Å²) >= 11 is 1.54. The molecule has 7 nitrogen and oxygen atoms in total. The average molecular weight is 408 g/mol. The zero-order valence-corrected chi connectivity index (χ0v) is 15.9. The summed E-state index contributed by atoms with van der Waals surface area (Å²) in [5.41, 5.74) is 1.06. The van der Waals surface area contributed by atoms with Crippen molar-refractivity contribution < 1.29 is 19.2 Å². The molecule has 3 aromatic rings. The molecule has 29 heavy (non-hydrogen) atoms. The van der Waals surface area contributed by atoms with Gasteiger partial charge in [-0.3, -0.25) is 14.9 Å². The van der Waals surface area contributed by atoms with Gasteiger partial charge in [0.25, 0.3) is 5.69 Å². The van der Waals surface area contributed by atoms with Crippen molar-refractivity contribution in [2.24, 2.45) is 0 Å². The third kappa shape index (κ3) is 4.12. The van der Waals surface area contributed by atoms with Crippen molar-refractivity contribution in [2.75, 3.05) is 6.79 Å². The first-order chi connectivity index (χ1) is 14.1. The molecule has 1 unspecified atom stereocenters. The van der Waals surface area contributed by atoms with Crippen LogP contribution in [0.2, 0.25) is 0 Å². The van der Waals surface area contributed by atoms with E-state index in [0.717, 1.165) is 10.4 Å². The summed E-state index contributed by atoms with van der Waals surface area (Å²) in [6.07, 6.45) is 2.69. The number of nitro benzene ring substituents is 1. The second kappa shape index (κ2) is 8.15. The molecule has 1 aliphatic rings. The SMILES string of the molecule is O=C(/C=C/c1cc2c(cc1[N+](=O)[O-])OCO2)NC(c1ccccc1)c1cccs1. The molecule has 0 radical (unpaired) electrons. The number of rotatable bonds is 6. The van der Waals surface area contributed by atoms with Crippen LogP contribution in [0.15, 0.2) is 66.1 Å². The second-order valence-electron chi connectivity index (χ2n) is 6.22. The largest absolute Gasteiger partial charge is 0.454 e. The van der Waals surface area contributed by atoms with Gasteiger partial charge < -0.3 is 14.8 Å². The van der Waals surface area contributed by atoms with Gasteiger partial charge in [0.05, 0.1) is 22.6 Å². The Balaban J connectivity index is 1.57. The Labute approximate surface area is 170 Å². The van der Waals surface area contributed by atoms with Crippen molar-refractivity contribution in [3.63, 3.8) is 0 Å². The maximum atomic E-state index is 12.6. The molecule has 0 fully saturated rings. The molecule has 0 spiro atoms. The summed E-state index contributed by atoms with van der Waals surface area (Å²) in [4.78, 5) is 24.4. The lowest BCUT2D eigenvalue weighted by atomic mass is 10.1. The van der Waals surface area contributed by atoms with E-state index in [2.05, 4.69) is 5.32 Å². The number of fused-ring (bicyclic) bond motifs is 1. The average Bonchev–Trinajstić information content (AvgIpc) is 3.41. The molecule has 4 rings (SSSR count). The number of thiophene rings is 1. The van der Waals surface area contributed by atoms with Crippen molar-refractivity contribution in [3.05, 3.63) is 92.2 Å². The Kier molecular flexibility index (Phi) is 5.26. The van der Waals surface area contributed by atoms with Crippen LogP contribution in [0, 0.1) is 10.1 Å². The van der Waals surface area contributed by atoms with Crippen LogP contribution in [0.5, 0.6) is 11.5 Å². The predicted octanol–water partition coefficient (Wildman–Crippen LogP) is 4.30. The molecule has 1 aromatic heterocycles. The molecule has 8 heteroatoms. The monoisotopic (exact) mass is 408 g/mol. The highest BCUT2D eigenvalue weighted by Gasteiger charge is 2.22. The fraction of sp³-hybridized carbons (Fsp3) is 0.0952. The molecular formula is C21H16N2O5S. The Morgan fingerprint density at radius 3 is 2.59 bits per heavy atom. The minimum Gasteiger partial charge on any atom is -0.454 e. The quantitative estimate of drug-likeness (QED) is 0.373. The van der Waals surface area contributed by atoms with Gasteiger partial charge in [0.1, 0.15) is 0 Å². The predicted molar refractivity (Wildman–Crippen MR) is 109 cm³/mol. The number of nitrogens with one attached hydrogen (secondary N) is 1. The molecule has 2 heterocycles. The zero-order valence-electron chi connectivity index (χ0n) is 15.1. The molecule has 0 saturated heterocycles. The van der Waals surface area contributed by atoms with Gasteiger partial charge in [0.15, 0.2) is 11.5 Å². The van der Waals surface area contributed by atoms with Crippen molar-refractivity contribution >= 4 is 29.0 Å². The Bertz CT molecular complexity index is 1060. The van der Waals surface area contributed by atoms with Crippen LogP contribution in [-0.4, -0.2) is 17.6 Å².